The van der Waals surface area contributed by atoms with E-state index in [0.717, 1.165) is 30.0 Å². The number of aromatic nitrogens is 4. The lowest BCUT2D eigenvalue weighted by molar-refractivity contribution is 0.215. The van der Waals surface area contributed by atoms with Crippen LogP contribution in [0.15, 0.2) is 42.5 Å². The molecule has 0 fully saturated rings. The Balaban J connectivity index is 0.000000244. The number of carbonyl (C=O) groups excluding carboxylic acids is 1. The third kappa shape index (κ3) is 5.88. The molecule has 3 rings (SSSR count). The van der Waals surface area contributed by atoms with E-state index >= 15 is 0 Å². The van der Waals surface area contributed by atoms with E-state index in [-0.39, 0.29) is 0 Å². The second-order valence-electron chi connectivity index (χ2n) is 5.86. The molecule has 3 aromatic rings. The van der Waals surface area contributed by atoms with Crippen LogP contribution in [-0.4, -0.2) is 25.7 Å². The summed E-state index contributed by atoms with van der Waals surface area (Å²) in [6.07, 6.45) is 1.25. The summed E-state index contributed by atoms with van der Waals surface area (Å²) in [5.41, 5.74) is 7.49. The number of benzene rings is 1. The lowest BCUT2D eigenvalue weighted by atomic mass is 10.3. The molecule has 1 aromatic carbocycles. The maximum atomic E-state index is 11.7. The second-order valence-corrected chi connectivity index (χ2v) is 5.86. The van der Waals surface area contributed by atoms with Crippen LogP contribution in [0.3, 0.4) is 0 Å². The van der Waals surface area contributed by atoms with Gasteiger partial charge in [-0.3, -0.25) is 14.7 Å². The van der Waals surface area contributed by atoms with E-state index < -0.39 is 6.09 Å². The van der Waals surface area contributed by atoms with Crippen LogP contribution < -0.4 is 15.8 Å². The highest BCUT2D eigenvalue weighted by molar-refractivity contribution is 5.85. The number of ether oxygens (including phenoxy) is 1. The van der Waals surface area contributed by atoms with Crippen LogP contribution in [0.4, 0.5) is 16.4 Å². The highest BCUT2D eigenvalue weighted by Gasteiger charge is 2.09. The summed E-state index contributed by atoms with van der Waals surface area (Å²) in [5.74, 6) is 1.85. The van der Waals surface area contributed by atoms with E-state index in [1.165, 1.54) is 0 Å². The first kappa shape index (κ1) is 20.0. The molecule has 8 nitrogen and oxygen atoms in total. The Bertz CT molecular complexity index is 850. The first-order valence-electron chi connectivity index (χ1n) is 8.78. The number of hydrogen-bond donors (Lipinski definition) is 2. The summed E-state index contributed by atoms with van der Waals surface area (Å²) >= 11 is 0. The number of nitrogens with zero attached hydrogens (tertiary/aromatic N) is 4. The number of carbonyl (C=O) groups is 1. The minimum absolute atomic E-state index is 0.507. The van der Waals surface area contributed by atoms with Crippen molar-refractivity contribution in [2.75, 3.05) is 11.1 Å². The molecule has 144 valence electrons. The van der Waals surface area contributed by atoms with Gasteiger partial charge < -0.3 is 10.5 Å². The Kier molecular flexibility index (Phi) is 6.99. The largest absolute Gasteiger partial charge is 0.418 e. The van der Waals surface area contributed by atoms with E-state index in [1.807, 2.05) is 44.3 Å². The number of nitrogens with one attached hydrogen (secondary N) is 1. The van der Waals surface area contributed by atoms with Crippen molar-refractivity contribution in [2.45, 2.75) is 26.7 Å². The number of anilines is 2. The van der Waals surface area contributed by atoms with Gasteiger partial charge in [0.15, 0.2) is 0 Å². The van der Waals surface area contributed by atoms with Crippen molar-refractivity contribution in [3.8, 4) is 5.75 Å². The number of nitrogen functional groups attached to an aromatic ring is 1. The van der Waals surface area contributed by atoms with Gasteiger partial charge in [-0.1, -0.05) is 32.0 Å². The highest BCUT2D eigenvalue weighted by atomic mass is 16.6. The monoisotopic (exact) mass is 370 g/mol. The molecular formula is C19H26N6O2. The van der Waals surface area contributed by atoms with Crippen molar-refractivity contribution in [1.29, 1.82) is 0 Å². The maximum absolute atomic E-state index is 11.7. The number of nitrogens with two attached hydrogens (primary N) is 1. The molecule has 1 amide bonds. The van der Waals surface area contributed by atoms with Crippen molar-refractivity contribution in [2.24, 2.45) is 14.1 Å². The molecule has 0 spiro atoms. The Morgan fingerprint density at radius 3 is 2.11 bits per heavy atom. The molecular weight excluding hydrogens is 344 g/mol. The molecule has 0 saturated carbocycles. The maximum Gasteiger partial charge on any atom is 0.418 e. The normalized spacial score (nSPS) is 10.1. The lowest BCUT2D eigenvalue weighted by Gasteiger charge is -2.05. The van der Waals surface area contributed by atoms with E-state index in [0.29, 0.717) is 11.6 Å². The molecule has 0 unspecified atom stereocenters. The van der Waals surface area contributed by atoms with Gasteiger partial charge in [0.2, 0.25) is 0 Å². The Labute approximate surface area is 158 Å². The molecule has 0 saturated heterocycles. The van der Waals surface area contributed by atoms with Crippen molar-refractivity contribution < 1.29 is 9.53 Å². The molecule has 3 N–H and O–H groups in total. The summed E-state index contributed by atoms with van der Waals surface area (Å²) in [6, 6.07) is 12.6. The van der Waals surface area contributed by atoms with Crippen molar-refractivity contribution in [1.82, 2.24) is 19.6 Å². The number of rotatable bonds is 4. The topological polar surface area (TPSA) is 100.0 Å². The average Bonchev–Trinajstić information content (AvgIpc) is 3.18. The third-order valence-electron chi connectivity index (χ3n) is 3.81. The van der Waals surface area contributed by atoms with E-state index in [2.05, 4.69) is 22.4 Å². The number of para-hydroxylation sites is 1. The summed E-state index contributed by atoms with van der Waals surface area (Å²) in [5, 5.41) is 11.0. The Hall–Kier alpha value is -3.29. The van der Waals surface area contributed by atoms with Gasteiger partial charge >= 0.3 is 6.09 Å². The smallest absolute Gasteiger partial charge is 0.410 e. The zero-order valence-electron chi connectivity index (χ0n) is 16.1. The van der Waals surface area contributed by atoms with Gasteiger partial charge in [0.25, 0.3) is 0 Å². The van der Waals surface area contributed by atoms with Crippen LogP contribution in [0, 0.1) is 0 Å². The molecule has 0 aliphatic carbocycles. The van der Waals surface area contributed by atoms with Crippen LogP contribution >= 0.6 is 0 Å². The predicted octanol–water partition coefficient (Wildman–Crippen LogP) is 3.16. The van der Waals surface area contributed by atoms with Gasteiger partial charge in [0.05, 0.1) is 11.4 Å². The third-order valence-corrected chi connectivity index (χ3v) is 3.81. The van der Waals surface area contributed by atoms with Crippen molar-refractivity contribution in [3.63, 3.8) is 0 Å². The Morgan fingerprint density at radius 1 is 1.04 bits per heavy atom. The molecule has 27 heavy (non-hydrogen) atoms. The molecule has 0 bridgehead atoms. The second kappa shape index (κ2) is 9.42. The van der Waals surface area contributed by atoms with E-state index in [9.17, 15) is 4.79 Å². The highest BCUT2D eigenvalue weighted by Crippen LogP contribution is 2.12. The van der Waals surface area contributed by atoms with Gasteiger partial charge in [-0.15, -0.1) is 0 Å². The van der Waals surface area contributed by atoms with E-state index in [4.69, 9.17) is 10.5 Å². The number of amides is 1. The van der Waals surface area contributed by atoms with Gasteiger partial charge in [-0.2, -0.15) is 10.2 Å². The SMILES string of the molecule is CCc1cc(N)n(C)n1.CCc1cc(NC(=O)Oc2ccccc2)n(C)n1. The molecule has 0 aliphatic rings. The minimum Gasteiger partial charge on any atom is -0.410 e. The van der Waals surface area contributed by atoms with Gasteiger partial charge in [-0.25, -0.2) is 4.79 Å². The zero-order chi connectivity index (χ0) is 19.8. The van der Waals surface area contributed by atoms with Crippen LogP contribution in [-0.2, 0) is 26.9 Å². The quantitative estimate of drug-likeness (QED) is 0.735. The predicted molar refractivity (Wildman–Crippen MR) is 106 cm³/mol. The summed E-state index contributed by atoms with van der Waals surface area (Å²) in [7, 11) is 3.62. The first-order valence-corrected chi connectivity index (χ1v) is 8.78. The number of hydrogen-bond acceptors (Lipinski definition) is 5. The number of aryl methyl sites for hydroxylation is 4. The molecule has 0 radical (unpaired) electrons. The molecule has 0 aliphatic heterocycles. The average molecular weight is 370 g/mol. The minimum atomic E-state index is -0.521. The van der Waals surface area contributed by atoms with Crippen LogP contribution in [0.25, 0.3) is 0 Å². The molecule has 8 heteroatoms. The van der Waals surface area contributed by atoms with Crippen molar-refractivity contribution >= 4 is 17.7 Å². The fraction of sp³-hybridized carbons (Fsp3) is 0.316. The van der Waals surface area contributed by atoms with Crippen LogP contribution in [0.1, 0.15) is 25.2 Å². The lowest BCUT2D eigenvalue weighted by Crippen LogP contribution is -2.18. The van der Waals surface area contributed by atoms with Gasteiger partial charge in [0.1, 0.15) is 17.4 Å². The molecule has 2 heterocycles. The van der Waals surface area contributed by atoms with Gasteiger partial charge in [0, 0.05) is 26.2 Å². The first-order chi connectivity index (χ1) is 12.9. The van der Waals surface area contributed by atoms with Crippen molar-refractivity contribution in [3.05, 3.63) is 53.9 Å². The Morgan fingerprint density at radius 2 is 1.63 bits per heavy atom. The van der Waals surface area contributed by atoms with Crippen LogP contribution in [0.2, 0.25) is 0 Å². The van der Waals surface area contributed by atoms with Crippen LogP contribution in [0.5, 0.6) is 5.75 Å². The molecule has 0 atom stereocenters. The summed E-state index contributed by atoms with van der Waals surface area (Å²) in [6.45, 7) is 4.07. The fourth-order valence-electron chi connectivity index (χ4n) is 2.26. The zero-order valence-corrected chi connectivity index (χ0v) is 16.1. The van der Waals surface area contributed by atoms with E-state index in [1.54, 1.807) is 28.5 Å². The summed E-state index contributed by atoms with van der Waals surface area (Å²) < 4.78 is 8.42. The standard InChI is InChI=1S/C13H15N3O2.C6H11N3/c1-3-10-9-12(16(2)15-10)14-13(17)18-11-7-5-4-6-8-11;1-3-5-4-6(7)9(2)8-5/h4-9H,3H2,1-2H3,(H,14,17);4H,3,7H2,1-2H3. The summed E-state index contributed by atoms with van der Waals surface area (Å²) in [4.78, 5) is 11.7. The van der Waals surface area contributed by atoms with Gasteiger partial charge in [-0.05, 0) is 25.0 Å². The fourth-order valence-corrected chi connectivity index (χ4v) is 2.26. The molecule has 2 aromatic heterocycles.